The summed E-state index contributed by atoms with van der Waals surface area (Å²) in [6.45, 7) is 3.99. The van der Waals surface area contributed by atoms with Crippen LogP contribution in [-0.2, 0) is 9.59 Å². The van der Waals surface area contributed by atoms with Crippen molar-refractivity contribution in [2.45, 2.75) is 13.3 Å². The first kappa shape index (κ1) is 17.7. The van der Waals surface area contributed by atoms with E-state index in [0.717, 1.165) is 17.9 Å². The first-order valence-electron chi connectivity index (χ1n) is 6.09. The van der Waals surface area contributed by atoms with Crippen LogP contribution in [0.15, 0.2) is 0 Å². The average molecular weight is 293 g/mol. The lowest BCUT2D eigenvalue weighted by atomic mass is 10.4. The summed E-state index contributed by atoms with van der Waals surface area (Å²) in [6.07, 6.45) is 1.04. The highest BCUT2D eigenvalue weighted by atomic mass is 35.5. The summed E-state index contributed by atoms with van der Waals surface area (Å²) in [4.78, 5) is 36.7. The largest absolute Gasteiger partial charge is 0.353 e. The minimum atomic E-state index is -0.417. The normalized spacial score (nSPS) is 14.6. The van der Waals surface area contributed by atoms with Gasteiger partial charge in [0.25, 0.3) is 5.91 Å². The van der Waals surface area contributed by atoms with E-state index >= 15 is 0 Å². The van der Waals surface area contributed by atoms with Gasteiger partial charge < -0.3 is 15.5 Å². The third kappa shape index (κ3) is 5.44. The lowest BCUT2D eigenvalue weighted by Gasteiger charge is -2.13. The molecule has 7 nitrogen and oxygen atoms in total. The fourth-order valence-corrected chi connectivity index (χ4v) is 1.62. The first-order valence-corrected chi connectivity index (χ1v) is 6.09. The first-order chi connectivity index (χ1) is 8.56. The van der Waals surface area contributed by atoms with Gasteiger partial charge in [0.05, 0.1) is 0 Å². The molecule has 1 aliphatic rings. The molecule has 1 heterocycles. The molecule has 0 saturated carbocycles. The molecule has 0 aromatic rings. The fourth-order valence-electron chi connectivity index (χ4n) is 1.62. The van der Waals surface area contributed by atoms with Gasteiger partial charge in [-0.25, -0.2) is 4.79 Å². The second-order valence-electron chi connectivity index (χ2n) is 4.22. The second kappa shape index (κ2) is 8.71. The average Bonchev–Trinajstić information content (AvgIpc) is 2.56. The lowest BCUT2D eigenvalue weighted by Crippen LogP contribution is -2.42. The van der Waals surface area contributed by atoms with Crippen molar-refractivity contribution in [1.29, 1.82) is 0 Å². The Labute approximate surface area is 119 Å². The Bertz CT molecular complexity index is 338. The van der Waals surface area contributed by atoms with E-state index in [1.807, 2.05) is 0 Å². The van der Waals surface area contributed by atoms with Gasteiger partial charge in [-0.15, -0.1) is 12.4 Å². The van der Waals surface area contributed by atoms with Crippen LogP contribution in [-0.4, -0.2) is 67.4 Å². The van der Waals surface area contributed by atoms with Crippen molar-refractivity contribution in [1.82, 2.24) is 20.4 Å². The monoisotopic (exact) mass is 292 g/mol. The van der Waals surface area contributed by atoms with Gasteiger partial charge in [-0.1, -0.05) is 6.92 Å². The number of nitrogens with zero attached hydrogens (tertiary/aromatic N) is 2. The van der Waals surface area contributed by atoms with Crippen LogP contribution in [0.5, 0.6) is 0 Å². The predicted molar refractivity (Wildman–Crippen MR) is 73.2 cm³/mol. The molecular formula is C11H21ClN4O3. The zero-order valence-electron chi connectivity index (χ0n) is 11.3. The Morgan fingerprint density at radius 3 is 2.47 bits per heavy atom. The van der Waals surface area contributed by atoms with E-state index < -0.39 is 6.03 Å². The highest BCUT2D eigenvalue weighted by Gasteiger charge is 2.34. The Kier molecular flexibility index (Phi) is 8.09. The molecule has 0 spiro atoms. The standard InChI is InChI=1S/C11H20N4O3.ClH/c1-3-4-12-5-6-13-9(16)7-15-10(17)8-14(2)11(15)18;/h12H,3-8H2,1-2H3,(H,13,16);1H. The van der Waals surface area contributed by atoms with Crippen molar-refractivity contribution in [2.75, 3.05) is 39.8 Å². The molecule has 0 bridgehead atoms. The number of halogens is 1. The van der Waals surface area contributed by atoms with Gasteiger partial charge in [-0.2, -0.15) is 0 Å². The number of amides is 4. The maximum absolute atomic E-state index is 11.5. The number of urea groups is 1. The number of carbonyl (C=O) groups excluding carboxylic acids is 3. The highest BCUT2D eigenvalue weighted by molar-refractivity contribution is 6.04. The Hall–Kier alpha value is -1.34. The van der Waals surface area contributed by atoms with Gasteiger partial charge >= 0.3 is 6.03 Å². The smallest absolute Gasteiger partial charge is 0.327 e. The topological polar surface area (TPSA) is 81.8 Å². The molecule has 1 saturated heterocycles. The van der Waals surface area contributed by atoms with Crippen LogP contribution in [0.1, 0.15) is 13.3 Å². The number of hydrogen-bond acceptors (Lipinski definition) is 4. The number of rotatable bonds is 7. The quantitative estimate of drug-likeness (QED) is 0.486. The molecule has 0 aliphatic carbocycles. The summed E-state index contributed by atoms with van der Waals surface area (Å²) in [5.41, 5.74) is 0. The molecule has 1 rings (SSSR count). The zero-order valence-corrected chi connectivity index (χ0v) is 12.1. The molecule has 1 aliphatic heterocycles. The summed E-state index contributed by atoms with van der Waals surface area (Å²) >= 11 is 0. The highest BCUT2D eigenvalue weighted by Crippen LogP contribution is 2.06. The third-order valence-corrected chi connectivity index (χ3v) is 2.58. The van der Waals surface area contributed by atoms with Gasteiger partial charge in [0.1, 0.15) is 13.1 Å². The summed E-state index contributed by atoms with van der Waals surface area (Å²) in [5.74, 6) is -0.646. The predicted octanol–water partition coefficient (Wildman–Crippen LogP) is -0.582. The minimum Gasteiger partial charge on any atom is -0.353 e. The third-order valence-electron chi connectivity index (χ3n) is 2.58. The molecule has 0 unspecified atom stereocenters. The van der Waals surface area contributed by atoms with Crippen LogP contribution in [0, 0.1) is 0 Å². The van der Waals surface area contributed by atoms with Crippen LogP contribution >= 0.6 is 12.4 Å². The van der Waals surface area contributed by atoms with Crippen molar-refractivity contribution in [3.8, 4) is 0 Å². The Morgan fingerprint density at radius 2 is 1.95 bits per heavy atom. The molecule has 8 heteroatoms. The van der Waals surface area contributed by atoms with E-state index in [-0.39, 0.29) is 37.3 Å². The van der Waals surface area contributed by atoms with Gasteiger partial charge in [-0.05, 0) is 13.0 Å². The lowest BCUT2D eigenvalue weighted by molar-refractivity contribution is -0.130. The fraction of sp³-hybridized carbons (Fsp3) is 0.727. The van der Waals surface area contributed by atoms with Crippen molar-refractivity contribution < 1.29 is 14.4 Å². The molecule has 0 radical (unpaired) electrons. The molecule has 19 heavy (non-hydrogen) atoms. The SMILES string of the molecule is CCCNCCNC(=O)CN1C(=O)CN(C)C1=O.Cl. The molecule has 0 aromatic heterocycles. The molecule has 0 aromatic carbocycles. The van der Waals surface area contributed by atoms with E-state index in [9.17, 15) is 14.4 Å². The van der Waals surface area contributed by atoms with Crippen molar-refractivity contribution >= 4 is 30.3 Å². The summed E-state index contributed by atoms with van der Waals surface area (Å²) in [7, 11) is 1.53. The van der Waals surface area contributed by atoms with Crippen LogP contribution in [0.3, 0.4) is 0 Å². The van der Waals surface area contributed by atoms with E-state index in [1.165, 1.54) is 11.9 Å². The number of nitrogens with one attached hydrogen (secondary N) is 2. The zero-order chi connectivity index (χ0) is 13.5. The number of imide groups is 1. The van der Waals surface area contributed by atoms with Gasteiger partial charge in [-0.3, -0.25) is 14.5 Å². The molecule has 4 amide bonds. The molecule has 1 fully saturated rings. The number of hydrogen-bond donors (Lipinski definition) is 2. The van der Waals surface area contributed by atoms with Gasteiger partial charge in [0, 0.05) is 20.1 Å². The Balaban J connectivity index is 0.00000324. The van der Waals surface area contributed by atoms with E-state index in [1.54, 1.807) is 0 Å². The van der Waals surface area contributed by atoms with Crippen LogP contribution in [0.25, 0.3) is 0 Å². The van der Waals surface area contributed by atoms with Gasteiger partial charge in [0.2, 0.25) is 5.91 Å². The van der Waals surface area contributed by atoms with Crippen molar-refractivity contribution in [2.24, 2.45) is 0 Å². The van der Waals surface area contributed by atoms with Gasteiger partial charge in [0.15, 0.2) is 0 Å². The summed E-state index contributed by atoms with van der Waals surface area (Å²) in [6, 6.07) is -0.417. The molecular weight excluding hydrogens is 272 g/mol. The van der Waals surface area contributed by atoms with E-state index in [2.05, 4.69) is 17.6 Å². The molecule has 0 atom stereocenters. The van der Waals surface area contributed by atoms with Crippen molar-refractivity contribution in [3.63, 3.8) is 0 Å². The number of carbonyl (C=O) groups is 3. The summed E-state index contributed by atoms with van der Waals surface area (Å²) < 4.78 is 0. The second-order valence-corrected chi connectivity index (χ2v) is 4.22. The van der Waals surface area contributed by atoms with E-state index in [0.29, 0.717) is 13.1 Å². The maximum atomic E-state index is 11.5. The minimum absolute atomic E-state index is 0. The number of likely N-dealkylation sites (N-methyl/N-ethyl adjacent to an activating group) is 1. The maximum Gasteiger partial charge on any atom is 0.327 e. The van der Waals surface area contributed by atoms with Crippen molar-refractivity contribution in [3.05, 3.63) is 0 Å². The van der Waals surface area contributed by atoms with Crippen LogP contribution < -0.4 is 10.6 Å². The summed E-state index contributed by atoms with van der Waals surface area (Å²) in [5, 5.41) is 5.80. The van der Waals surface area contributed by atoms with Crippen LogP contribution in [0.2, 0.25) is 0 Å². The van der Waals surface area contributed by atoms with E-state index in [4.69, 9.17) is 0 Å². The molecule has 110 valence electrons. The Morgan fingerprint density at radius 1 is 1.26 bits per heavy atom. The molecule has 2 N–H and O–H groups in total. The van der Waals surface area contributed by atoms with Crippen LogP contribution in [0.4, 0.5) is 4.79 Å².